The summed E-state index contributed by atoms with van der Waals surface area (Å²) in [5.74, 6) is -16.0. The molecule has 74 heavy (non-hydrogen) atoms. The maximum Gasteiger partial charge on any atom is 0.190 e. The summed E-state index contributed by atoms with van der Waals surface area (Å²) in [6.07, 6.45) is -0.0179. The first-order valence-electron chi connectivity index (χ1n) is 25.1. The summed E-state index contributed by atoms with van der Waals surface area (Å²) < 4.78 is 130. The van der Waals surface area contributed by atoms with E-state index in [0.29, 0.717) is 25.9 Å². The number of allylic oxidation sites excluding steroid dienone is 8. The van der Waals surface area contributed by atoms with Gasteiger partial charge in [-0.05, 0) is 149 Å². The second-order valence-corrected chi connectivity index (χ2v) is 19.7. The third kappa shape index (κ3) is 9.38. The number of methoxy groups -OCH3 is 4. The van der Waals surface area contributed by atoms with Crippen LogP contribution in [-0.4, -0.2) is 85.2 Å². The minimum Gasteiger partial charge on any atom is -0.497 e. The van der Waals surface area contributed by atoms with Crippen LogP contribution in [0, 0.1) is 60.0 Å². The number of nitrogens with one attached hydrogen (secondary N) is 2. The zero-order valence-corrected chi connectivity index (χ0v) is 42.5. The fraction of sp³-hybridized carbons (Fsp3) is 0.407. The topological polar surface area (TPSA) is 112 Å². The fourth-order valence-corrected chi connectivity index (χ4v) is 12.3. The average Bonchev–Trinajstić information content (AvgIpc) is 3.43. The fourth-order valence-electron chi connectivity index (χ4n) is 12.3. The zero-order valence-electron chi connectivity index (χ0n) is 42.5. The lowest BCUT2D eigenvalue weighted by molar-refractivity contribution is -0.148. The lowest BCUT2D eigenvalue weighted by Gasteiger charge is -2.54. The van der Waals surface area contributed by atoms with Gasteiger partial charge in [0.15, 0.2) is 40.7 Å². The van der Waals surface area contributed by atoms with Crippen LogP contribution >= 0.6 is 0 Å². The number of rotatable bonds is 18. The Hall–Kier alpha value is -6.13. The molecule has 4 aliphatic rings. The van der Waals surface area contributed by atoms with E-state index in [1.54, 1.807) is 12.1 Å². The maximum absolute atomic E-state index is 19.2. The Labute approximate surface area is 428 Å². The summed E-state index contributed by atoms with van der Waals surface area (Å²) in [5.41, 5.74) is -8.40. The van der Waals surface area contributed by atoms with E-state index in [4.69, 9.17) is 18.9 Å². The monoisotopic (exact) mass is 1020 g/mol. The lowest BCUT2D eigenvalue weighted by Crippen LogP contribution is -2.60. The molecule has 4 aromatic carbocycles. The van der Waals surface area contributed by atoms with Crippen LogP contribution < -0.4 is 20.1 Å². The molecule has 2 saturated heterocycles. The first-order chi connectivity index (χ1) is 35.6. The SMILES string of the molecule is COCC[C@]1(C(=O)[C@@]2(CCOC)C(F)=C(F)C(c3cccc(F)c3C)=C(C(=O)c3cccc(OC)c3)[C@@H]2C2CCCNC2)C(F)=C(F)C(c2cccc(F)c2C)=C(C(=O)c2cccc(OC)c2)[C@@H]1C1CCCNC1. The molecule has 392 valence electrons. The molecule has 9 nitrogen and oxygen atoms in total. The number of ketones is 3. The number of benzene rings is 4. The number of carbonyl (C=O) groups is 3. The molecule has 0 amide bonds. The van der Waals surface area contributed by atoms with Crippen molar-refractivity contribution in [3.63, 3.8) is 0 Å². The number of Topliss-reactive ketones (excluding diaryl/α,β-unsaturated/α-hetero) is 3. The maximum atomic E-state index is 19.2. The quantitative estimate of drug-likeness (QED) is 0.0743. The molecule has 6 atom stereocenters. The molecule has 8 rings (SSSR count). The summed E-state index contributed by atoms with van der Waals surface area (Å²) >= 11 is 0. The number of carbonyl (C=O) groups excluding carboxylic acids is 3. The van der Waals surface area contributed by atoms with Gasteiger partial charge in [-0.25, -0.2) is 26.3 Å². The van der Waals surface area contributed by atoms with Gasteiger partial charge in [-0.15, -0.1) is 0 Å². The van der Waals surface area contributed by atoms with E-state index >= 15 is 40.7 Å². The summed E-state index contributed by atoms with van der Waals surface area (Å²) in [6.45, 7) is 2.92. The second-order valence-electron chi connectivity index (χ2n) is 19.7. The molecule has 2 N–H and O–H groups in total. The highest BCUT2D eigenvalue weighted by atomic mass is 19.2. The summed E-state index contributed by atoms with van der Waals surface area (Å²) in [4.78, 5) is 49.2. The average molecular weight is 1030 g/mol. The van der Waals surface area contributed by atoms with Crippen molar-refractivity contribution < 1.29 is 59.7 Å². The van der Waals surface area contributed by atoms with Crippen molar-refractivity contribution in [2.75, 3.05) is 67.8 Å². The Morgan fingerprint density at radius 1 is 0.568 bits per heavy atom. The third-order valence-electron chi connectivity index (χ3n) is 15.9. The Balaban J connectivity index is 1.54. The first-order valence-corrected chi connectivity index (χ1v) is 25.1. The first kappa shape index (κ1) is 54.1. The summed E-state index contributed by atoms with van der Waals surface area (Å²) in [7, 11) is 5.35. The van der Waals surface area contributed by atoms with Crippen LogP contribution in [-0.2, 0) is 14.3 Å². The standard InChI is InChI=1S/C59H62F6N2O7/c1-33-41(19-9-21-43(33)60)45-47(53(68)35-13-7-17-39(29-35)73-5)49(37-15-11-25-66-31-37)58(23-27-71-3,55(64)51(45)62)57(70)59(24-28-72-4)50(38-16-12-26-67-32-38)48(54(69)36-14-8-18-40(30-36)74-6)46(52(63)56(59)65)42-20-10-22-44(61)34(42)2/h7-10,13-14,17-22,29-30,37-38,49-50,66-67H,11-12,15-16,23-28,31-32H2,1-6H3/t37?,38?,49-,50-,58+,59+/m0/s1. The number of hydrogen-bond donors (Lipinski definition) is 2. The Bertz CT molecular complexity index is 2760. The number of piperidine rings is 2. The molecule has 0 bridgehead atoms. The molecule has 0 spiro atoms. The molecule has 4 aromatic rings. The van der Waals surface area contributed by atoms with Crippen molar-refractivity contribution in [1.82, 2.24) is 10.6 Å². The molecule has 2 fully saturated rings. The van der Waals surface area contributed by atoms with Crippen molar-refractivity contribution in [3.8, 4) is 11.5 Å². The van der Waals surface area contributed by atoms with E-state index in [1.165, 1.54) is 103 Å². The zero-order chi connectivity index (χ0) is 53.1. The van der Waals surface area contributed by atoms with E-state index in [1.807, 2.05) is 0 Å². The molecule has 0 radical (unpaired) electrons. The van der Waals surface area contributed by atoms with Gasteiger partial charge in [0.05, 0.1) is 25.0 Å². The van der Waals surface area contributed by atoms with Crippen LogP contribution in [0.1, 0.15) is 81.5 Å². The van der Waals surface area contributed by atoms with E-state index in [0.717, 1.165) is 12.1 Å². The molecule has 2 heterocycles. The lowest BCUT2D eigenvalue weighted by atomic mass is 9.47. The van der Waals surface area contributed by atoms with Crippen LogP contribution in [0.5, 0.6) is 11.5 Å². The van der Waals surface area contributed by atoms with Gasteiger partial charge in [-0.2, -0.15) is 0 Å². The normalized spacial score (nSPS) is 24.6. The molecule has 2 unspecified atom stereocenters. The highest BCUT2D eigenvalue weighted by Gasteiger charge is 2.68. The largest absolute Gasteiger partial charge is 0.497 e. The summed E-state index contributed by atoms with van der Waals surface area (Å²) in [5, 5.41) is 6.63. The van der Waals surface area contributed by atoms with Crippen LogP contribution in [0.2, 0.25) is 0 Å². The van der Waals surface area contributed by atoms with Gasteiger partial charge in [0.25, 0.3) is 0 Å². The van der Waals surface area contributed by atoms with E-state index in [9.17, 15) is 0 Å². The summed E-state index contributed by atoms with van der Waals surface area (Å²) in [6, 6.07) is 19.6. The van der Waals surface area contributed by atoms with Gasteiger partial charge in [0.1, 0.15) is 23.1 Å². The smallest absolute Gasteiger partial charge is 0.190 e. The third-order valence-corrected chi connectivity index (χ3v) is 15.9. The molecular formula is C59H62F6N2O7. The Morgan fingerprint density at radius 3 is 1.31 bits per heavy atom. The number of hydrogen-bond acceptors (Lipinski definition) is 9. The van der Waals surface area contributed by atoms with Crippen molar-refractivity contribution in [1.29, 1.82) is 0 Å². The minimum absolute atomic E-state index is 0.0397. The highest BCUT2D eigenvalue weighted by Crippen LogP contribution is 2.66. The van der Waals surface area contributed by atoms with Gasteiger partial charge in [0.2, 0.25) is 0 Å². The molecule has 0 saturated carbocycles. The van der Waals surface area contributed by atoms with Gasteiger partial charge >= 0.3 is 0 Å². The van der Waals surface area contributed by atoms with Gasteiger partial charge in [-0.3, -0.25) is 14.4 Å². The molecule has 0 aromatic heterocycles. The van der Waals surface area contributed by atoms with Gasteiger partial charge in [0, 0.05) is 72.7 Å². The molecule has 2 aliphatic heterocycles. The Kier molecular flexibility index (Phi) is 16.7. The van der Waals surface area contributed by atoms with Crippen LogP contribution in [0.25, 0.3) is 11.1 Å². The van der Waals surface area contributed by atoms with Crippen LogP contribution in [0.4, 0.5) is 26.3 Å². The molecule has 2 aliphatic carbocycles. The van der Waals surface area contributed by atoms with Crippen LogP contribution in [0.15, 0.2) is 119 Å². The predicted octanol–water partition coefficient (Wildman–Crippen LogP) is 11.7. The number of ether oxygens (including phenoxy) is 4. The predicted molar refractivity (Wildman–Crippen MR) is 270 cm³/mol. The molecular weight excluding hydrogens is 963 g/mol. The van der Waals surface area contributed by atoms with Crippen molar-refractivity contribution in [3.05, 3.63) is 164 Å². The van der Waals surface area contributed by atoms with E-state index < -0.39 is 124 Å². The second kappa shape index (κ2) is 22.8. The van der Waals surface area contributed by atoms with Crippen molar-refractivity contribution >= 4 is 28.5 Å². The van der Waals surface area contributed by atoms with Crippen molar-refractivity contribution in [2.45, 2.75) is 52.4 Å². The van der Waals surface area contributed by atoms with E-state index in [2.05, 4.69) is 10.6 Å². The molecule has 15 heteroatoms. The van der Waals surface area contributed by atoms with Crippen LogP contribution in [0.3, 0.4) is 0 Å². The number of halogens is 6. The highest BCUT2D eigenvalue weighted by molar-refractivity contribution is 6.19. The Morgan fingerprint density at radius 2 is 0.959 bits per heavy atom. The van der Waals surface area contributed by atoms with Gasteiger partial charge in [-0.1, -0.05) is 48.5 Å². The van der Waals surface area contributed by atoms with Gasteiger partial charge < -0.3 is 29.6 Å². The van der Waals surface area contributed by atoms with Crippen molar-refractivity contribution in [2.24, 2.45) is 34.5 Å². The van der Waals surface area contributed by atoms with E-state index in [-0.39, 0.29) is 82.0 Å². The minimum atomic E-state index is -2.90.